The van der Waals surface area contributed by atoms with Gasteiger partial charge >= 0.3 is 0 Å². The largest absolute Gasteiger partial charge is 0.493 e. The van der Waals surface area contributed by atoms with Gasteiger partial charge in [0.1, 0.15) is 11.6 Å². The summed E-state index contributed by atoms with van der Waals surface area (Å²) in [5.74, 6) is 7.90. The van der Waals surface area contributed by atoms with E-state index >= 15 is 0 Å². The van der Waals surface area contributed by atoms with Crippen molar-refractivity contribution in [1.29, 1.82) is 0 Å². The van der Waals surface area contributed by atoms with E-state index in [2.05, 4.69) is 17.6 Å². The van der Waals surface area contributed by atoms with E-state index in [0.717, 1.165) is 18.0 Å². The Bertz CT molecular complexity index is 493. The fourth-order valence-corrected chi connectivity index (χ4v) is 3.35. The Balaban J connectivity index is 1.71. The highest BCUT2D eigenvalue weighted by Crippen LogP contribution is 2.28. The molecular formula is C17H25N3O. The number of aliphatic imine (C=N–C) groups is 1. The van der Waals surface area contributed by atoms with Crippen molar-refractivity contribution in [2.24, 2.45) is 16.8 Å². The van der Waals surface area contributed by atoms with E-state index in [1.807, 2.05) is 12.1 Å². The molecule has 0 aromatic heterocycles. The molecule has 21 heavy (non-hydrogen) atoms. The van der Waals surface area contributed by atoms with Crippen molar-refractivity contribution >= 4 is 5.84 Å². The minimum absolute atomic E-state index is 0.244. The summed E-state index contributed by atoms with van der Waals surface area (Å²) in [5, 5.41) is 0. The van der Waals surface area contributed by atoms with Gasteiger partial charge in [-0.2, -0.15) is 0 Å². The van der Waals surface area contributed by atoms with Crippen molar-refractivity contribution in [3.8, 4) is 5.75 Å². The third kappa shape index (κ3) is 3.56. The van der Waals surface area contributed by atoms with Crippen LogP contribution in [0.4, 0.5) is 0 Å². The predicted molar refractivity (Wildman–Crippen MR) is 85.4 cm³/mol. The van der Waals surface area contributed by atoms with Gasteiger partial charge in [-0.25, -0.2) is 5.84 Å². The average molecular weight is 287 g/mol. The van der Waals surface area contributed by atoms with Gasteiger partial charge in [0.05, 0.1) is 18.6 Å². The minimum Gasteiger partial charge on any atom is -0.493 e. The molecule has 0 radical (unpaired) electrons. The summed E-state index contributed by atoms with van der Waals surface area (Å²) in [6.45, 7) is 0.659. The van der Waals surface area contributed by atoms with Crippen LogP contribution in [0.2, 0.25) is 0 Å². The Labute approximate surface area is 126 Å². The number of rotatable bonds is 2. The quantitative estimate of drug-likeness (QED) is 0.289. The Morgan fingerprint density at radius 2 is 1.90 bits per heavy atom. The highest BCUT2D eigenvalue weighted by atomic mass is 16.5. The summed E-state index contributed by atoms with van der Waals surface area (Å²) in [6.07, 6.45) is 8.59. The van der Waals surface area contributed by atoms with Gasteiger partial charge in [-0.3, -0.25) is 4.99 Å². The van der Waals surface area contributed by atoms with Crippen LogP contribution >= 0.6 is 0 Å². The zero-order valence-electron chi connectivity index (χ0n) is 12.6. The van der Waals surface area contributed by atoms with Gasteiger partial charge in [-0.1, -0.05) is 43.9 Å². The van der Waals surface area contributed by atoms with Crippen LogP contribution in [0, 0.1) is 5.92 Å². The Morgan fingerprint density at radius 1 is 1.14 bits per heavy atom. The maximum Gasteiger partial charge on any atom is 0.122 e. The molecule has 2 aliphatic rings. The van der Waals surface area contributed by atoms with E-state index in [1.165, 1.54) is 44.1 Å². The molecule has 1 atom stereocenters. The molecule has 1 fully saturated rings. The number of nitrogens with two attached hydrogens (primary N) is 1. The molecule has 1 unspecified atom stereocenters. The van der Waals surface area contributed by atoms with Crippen molar-refractivity contribution in [3.05, 3.63) is 29.8 Å². The second kappa shape index (κ2) is 6.94. The van der Waals surface area contributed by atoms with Gasteiger partial charge < -0.3 is 10.2 Å². The lowest BCUT2D eigenvalue weighted by molar-refractivity contribution is 0.256. The molecule has 0 amide bonds. The fraction of sp³-hybridized carbons (Fsp3) is 0.588. The van der Waals surface area contributed by atoms with Gasteiger partial charge in [0, 0.05) is 0 Å². The SMILES string of the molecule is NNC(=NC1CCCCCC1)C1COc2ccccc2C1. The molecule has 1 heterocycles. The summed E-state index contributed by atoms with van der Waals surface area (Å²) >= 11 is 0. The zero-order valence-corrected chi connectivity index (χ0v) is 12.6. The first-order chi connectivity index (χ1) is 10.4. The molecule has 1 aliphatic heterocycles. The van der Waals surface area contributed by atoms with Gasteiger partial charge in [0.2, 0.25) is 0 Å². The normalized spacial score (nSPS) is 23.9. The molecule has 1 aliphatic carbocycles. The van der Waals surface area contributed by atoms with E-state index in [1.54, 1.807) is 0 Å². The van der Waals surface area contributed by atoms with Gasteiger partial charge in [0.25, 0.3) is 0 Å². The van der Waals surface area contributed by atoms with E-state index in [9.17, 15) is 0 Å². The van der Waals surface area contributed by atoms with Crippen LogP contribution < -0.4 is 16.0 Å². The first kappa shape index (κ1) is 14.4. The molecule has 4 nitrogen and oxygen atoms in total. The first-order valence-corrected chi connectivity index (χ1v) is 8.12. The van der Waals surface area contributed by atoms with Crippen LogP contribution in [0.1, 0.15) is 44.1 Å². The molecule has 1 aromatic carbocycles. The lowest BCUT2D eigenvalue weighted by Crippen LogP contribution is -2.42. The van der Waals surface area contributed by atoms with E-state index < -0.39 is 0 Å². The molecular weight excluding hydrogens is 262 g/mol. The molecule has 0 bridgehead atoms. The monoisotopic (exact) mass is 287 g/mol. The molecule has 0 spiro atoms. The number of ether oxygens (including phenoxy) is 1. The standard InChI is InChI=1S/C17H25N3O/c18-20-17(19-15-8-3-1-2-4-9-15)14-11-13-7-5-6-10-16(13)21-12-14/h5-7,10,14-15H,1-4,8-9,11-12,18H2,(H,19,20). The number of nitrogens with one attached hydrogen (secondary N) is 1. The molecule has 114 valence electrons. The lowest BCUT2D eigenvalue weighted by atomic mass is 9.95. The predicted octanol–water partition coefficient (Wildman–Crippen LogP) is 2.82. The second-order valence-corrected chi connectivity index (χ2v) is 6.12. The summed E-state index contributed by atoms with van der Waals surface area (Å²) < 4.78 is 5.86. The first-order valence-electron chi connectivity index (χ1n) is 8.12. The van der Waals surface area contributed by atoms with Crippen LogP contribution in [-0.4, -0.2) is 18.5 Å². The van der Waals surface area contributed by atoms with E-state index in [0.29, 0.717) is 12.6 Å². The highest BCUT2D eigenvalue weighted by Gasteiger charge is 2.24. The smallest absolute Gasteiger partial charge is 0.122 e. The van der Waals surface area contributed by atoms with Crippen molar-refractivity contribution in [3.63, 3.8) is 0 Å². The molecule has 1 saturated carbocycles. The average Bonchev–Trinajstić information content (AvgIpc) is 2.81. The summed E-state index contributed by atoms with van der Waals surface area (Å²) in [6, 6.07) is 8.66. The maximum absolute atomic E-state index is 5.86. The molecule has 1 aromatic rings. The van der Waals surface area contributed by atoms with Crippen LogP contribution in [-0.2, 0) is 6.42 Å². The maximum atomic E-state index is 5.86. The lowest BCUT2D eigenvalue weighted by Gasteiger charge is -2.27. The van der Waals surface area contributed by atoms with Crippen molar-refractivity contribution in [2.45, 2.75) is 51.0 Å². The second-order valence-electron chi connectivity index (χ2n) is 6.12. The fourth-order valence-electron chi connectivity index (χ4n) is 3.35. The zero-order chi connectivity index (χ0) is 14.5. The number of amidine groups is 1. The number of para-hydroxylation sites is 1. The minimum atomic E-state index is 0.244. The molecule has 4 heteroatoms. The Morgan fingerprint density at radius 3 is 2.67 bits per heavy atom. The number of fused-ring (bicyclic) bond motifs is 1. The number of benzene rings is 1. The number of hydrogen-bond donors (Lipinski definition) is 2. The summed E-state index contributed by atoms with van der Waals surface area (Å²) in [4.78, 5) is 4.91. The summed E-state index contributed by atoms with van der Waals surface area (Å²) in [5.41, 5.74) is 4.09. The van der Waals surface area contributed by atoms with E-state index in [-0.39, 0.29) is 5.92 Å². The number of hydrazine groups is 1. The van der Waals surface area contributed by atoms with Crippen molar-refractivity contribution < 1.29 is 4.74 Å². The van der Waals surface area contributed by atoms with Gasteiger partial charge in [-0.05, 0) is 30.9 Å². The Hall–Kier alpha value is -1.55. The number of nitrogens with zero attached hydrogens (tertiary/aromatic N) is 1. The van der Waals surface area contributed by atoms with Crippen LogP contribution in [0.3, 0.4) is 0 Å². The van der Waals surface area contributed by atoms with Crippen molar-refractivity contribution in [1.82, 2.24) is 5.43 Å². The van der Waals surface area contributed by atoms with Gasteiger partial charge in [0.15, 0.2) is 0 Å². The third-order valence-corrected chi connectivity index (χ3v) is 4.56. The summed E-state index contributed by atoms with van der Waals surface area (Å²) in [7, 11) is 0. The Kier molecular flexibility index (Phi) is 4.76. The van der Waals surface area contributed by atoms with Gasteiger partial charge in [-0.15, -0.1) is 0 Å². The third-order valence-electron chi connectivity index (χ3n) is 4.56. The van der Waals surface area contributed by atoms with Crippen LogP contribution in [0.25, 0.3) is 0 Å². The number of hydrogen-bond acceptors (Lipinski definition) is 3. The topological polar surface area (TPSA) is 59.6 Å². The van der Waals surface area contributed by atoms with Crippen LogP contribution in [0.15, 0.2) is 29.3 Å². The van der Waals surface area contributed by atoms with Crippen molar-refractivity contribution in [2.75, 3.05) is 6.61 Å². The highest BCUT2D eigenvalue weighted by molar-refractivity contribution is 5.85. The molecule has 3 rings (SSSR count). The van der Waals surface area contributed by atoms with E-state index in [4.69, 9.17) is 15.6 Å². The van der Waals surface area contributed by atoms with Crippen LogP contribution in [0.5, 0.6) is 5.75 Å². The molecule has 0 saturated heterocycles. The molecule has 3 N–H and O–H groups in total.